The Bertz CT molecular complexity index is 1480. The van der Waals surface area contributed by atoms with Gasteiger partial charge in [0, 0.05) is 11.4 Å². The molecule has 0 fully saturated rings. The number of para-hydroxylation sites is 3. The molecule has 0 amide bonds. The number of benzene rings is 2. The molecule has 0 radical (unpaired) electrons. The highest BCUT2D eigenvalue weighted by Crippen LogP contribution is 2.23. The predicted octanol–water partition coefficient (Wildman–Crippen LogP) is 4.00. The Morgan fingerprint density at radius 2 is 1.82 bits per heavy atom. The molecule has 0 aliphatic carbocycles. The van der Waals surface area contributed by atoms with Gasteiger partial charge in [0.2, 0.25) is 0 Å². The molecule has 2 aromatic carbocycles. The summed E-state index contributed by atoms with van der Waals surface area (Å²) in [6.45, 7) is 3.87. The largest absolute Gasteiger partial charge is 0.315 e. The van der Waals surface area contributed by atoms with Gasteiger partial charge < -0.3 is 4.57 Å². The number of hydrogen-bond donors (Lipinski definition) is 0. The number of aromatic nitrogens is 3. The third-order valence-electron chi connectivity index (χ3n) is 5.00. The standard InChI is InChI=1S/C22H16FN3OS/c1-13-11-15(14(2)25(13)18-9-5-3-7-16(18)23)12-20-21(27)26-19-10-6-4-8-17(19)24-22(26)28-20/h3-12H,1-2H3/b20-12-. The maximum absolute atomic E-state index is 14.3. The fourth-order valence-corrected chi connectivity index (χ4v) is 4.67. The molecule has 0 aliphatic heterocycles. The maximum Gasteiger partial charge on any atom is 0.274 e. The van der Waals surface area contributed by atoms with E-state index in [1.54, 1.807) is 16.5 Å². The quantitative estimate of drug-likeness (QED) is 0.458. The molecule has 0 aliphatic rings. The Balaban J connectivity index is 1.72. The van der Waals surface area contributed by atoms with Crippen LogP contribution < -0.4 is 10.1 Å². The number of aryl methyl sites for hydroxylation is 1. The molecule has 0 spiro atoms. The van der Waals surface area contributed by atoms with Crippen molar-refractivity contribution in [2.75, 3.05) is 0 Å². The lowest BCUT2D eigenvalue weighted by molar-refractivity contribution is 0.616. The molecular formula is C22H16FN3OS. The minimum Gasteiger partial charge on any atom is -0.315 e. The van der Waals surface area contributed by atoms with Gasteiger partial charge in [0.1, 0.15) is 5.82 Å². The highest BCUT2D eigenvalue weighted by atomic mass is 32.1. The average molecular weight is 389 g/mol. The van der Waals surface area contributed by atoms with Crippen LogP contribution in [0.2, 0.25) is 0 Å². The lowest BCUT2D eigenvalue weighted by atomic mass is 10.2. The van der Waals surface area contributed by atoms with Gasteiger partial charge in [-0.1, -0.05) is 35.6 Å². The van der Waals surface area contributed by atoms with Crippen LogP contribution in [-0.2, 0) is 0 Å². The summed E-state index contributed by atoms with van der Waals surface area (Å²) >= 11 is 1.37. The van der Waals surface area contributed by atoms with Crippen molar-refractivity contribution in [2.45, 2.75) is 13.8 Å². The summed E-state index contributed by atoms with van der Waals surface area (Å²) in [6.07, 6.45) is 1.87. The van der Waals surface area contributed by atoms with E-state index in [0.29, 0.717) is 15.2 Å². The van der Waals surface area contributed by atoms with Crippen LogP contribution >= 0.6 is 11.3 Å². The van der Waals surface area contributed by atoms with E-state index < -0.39 is 0 Å². The lowest BCUT2D eigenvalue weighted by Crippen LogP contribution is -2.22. The van der Waals surface area contributed by atoms with Crippen molar-refractivity contribution in [1.29, 1.82) is 0 Å². The molecule has 3 aromatic heterocycles. The molecule has 4 nitrogen and oxygen atoms in total. The number of fused-ring (bicyclic) bond motifs is 3. The summed E-state index contributed by atoms with van der Waals surface area (Å²) in [6, 6.07) is 16.3. The molecule has 0 N–H and O–H groups in total. The molecule has 5 aromatic rings. The van der Waals surface area contributed by atoms with E-state index in [1.165, 1.54) is 17.4 Å². The molecule has 138 valence electrons. The highest BCUT2D eigenvalue weighted by molar-refractivity contribution is 7.15. The van der Waals surface area contributed by atoms with Gasteiger partial charge in [-0.3, -0.25) is 4.79 Å². The number of thiazole rings is 1. The van der Waals surface area contributed by atoms with Gasteiger partial charge in [-0.25, -0.2) is 13.8 Å². The minimum atomic E-state index is -0.276. The normalized spacial score (nSPS) is 12.5. The van der Waals surface area contributed by atoms with Gasteiger partial charge in [-0.15, -0.1) is 0 Å². The van der Waals surface area contributed by atoms with Gasteiger partial charge in [-0.2, -0.15) is 0 Å². The van der Waals surface area contributed by atoms with Crippen LogP contribution in [0.15, 0.2) is 59.4 Å². The topological polar surface area (TPSA) is 39.3 Å². The average Bonchev–Trinajstić information content (AvgIpc) is 3.28. The van der Waals surface area contributed by atoms with E-state index in [-0.39, 0.29) is 11.4 Å². The van der Waals surface area contributed by atoms with Gasteiger partial charge in [0.15, 0.2) is 4.96 Å². The fraction of sp³-hybridized carbons (Fsp3) is 0.0909. The first-order valence-electron chi connectivity index (χ1n) is 8.90. The van der Waals surface area contributed by atoms with E-state index >= 15 is 0 Å². The van der Waals surface area contributed by atoms with Gasteiger partial charge >= 0.3 is 0 Å². The van der Waals surface area contributed by atoms with Gasteiger partial charge in [0.05, 0.1) is 21.3 Å². The van der Waals surface area contributed by atoms with Crippen molar-refractivity contribution in [3.05, 3.63) is 92.3 Å². The first-order chi connectivity index (χ1) is 13.5. The van der Waals surface area contributed by atoms with Crippen LogP contribution in [0.4, 0.5) is 4.39 Å². The van der Waals surface area contributed by atoms with Crippen LogP contribution in [0, 0.1) is 19.7 Å². The molecule has 0 atom stereocenters. The number of nitrogens with zero attached hydrogens (tertiary/aromatic N) is 3. The SMILES string of the molecule is Cc1cc(/C=c2\sc3nc4ccccc4n3c2=O)c(C)n1-c1ccccc1F. The molecule has 0 unspecified atom stereocenters. The number of hydrogen-bond acceptors (Lipinski definition) is 3. The van der Waals surface area contributed by atoms with Crippen molar-refractivity contribution in [3.63, 3.8) is 0 Å². The van der Waals surface area contributed by atoms with Crippen molar-refractivity contribution >= 4 is 33.4 Å². The smallest absolute Gasteiger partial charge is 0.274 e. The number of halogens is 1. The van der Waals surface area contributed by atoms with Gasteiger partial charge in [-0.05, 0) is 55.8 Å². The third kappa shape index (κ3) is 2.42. The second kappa shape index (κ2) is 6.14. The molecule has 0 saturated carbocycles. The molecule has 0 bridgehead atoms. The van der Waals surface area contributed by atoms with Gasteiger partial charge in [0.25, 0.3) is 5.56 Å². The van der Waals surface area contributed by atoms with E-state index in [4.69, 9.17) is 0 Å². The van der Waals surface area contributed by atoms with Crippen LogP contribution in [0.25, 0.3) is 27.8 Å². The molecule has 6 heteroatoms. The lowest BCUT2D eigenvalue weighted by Gasteiger charge is -2.10. The molecule has 5 rings (SSSR count). The zero-order chi connectivity index (χ0) is 19.4. The van der Waals surface area contributed by atoms with Crippen LogP contribution in [-0.4, -0.2) is 14.0 Å². The van der Waals surface area contributed by atoms with Crippen LogP contribution in [0.1, 0.15) is 17.0 Å². The Kier molecular flexibility index (Phi) is 3.70. The van der Waals surface area contributed by atoms with E-state index in [2.05, 4.69) is 4.98 Å². The summed E-state index contributed by atoms with van der Waals surface area (Å²) in [4.78, 5) is 18.2. The predicted molar refractivity (Wildman–Crippen MR) is 111 cm³/mol. The highest BCUT2D eigenvalue weighted by Gasteiger charge is 2.14. The first kappa shape index (κ1) is 16.9. The zero-order valence-corrected chi connectivity index (χ0v) is 16.1. The second-order valence-corrected chi connectivity index (χ2v) is 7.76. The number of rotatable bonds is 2. The summed E-state index contributed by atoms with van der Waals surface area (Å²) in [5.41, 5.74) is 4.75. The van der Waals surface area contributed by atoms with Crippen LogP contribution in [0.5, 0.6) is 0 Å². The van der Waals surface area contributed by atoms with Crippen molar-refractivity contribution in [3.8, 4) is 5.69 Å². The van der Waals surface area contributed by atoms with Crippen molar-refractivity contribution in [2.24, 2.45) is 0 Å². The summed E-state index contributed by atoms with van der Waals surface area (Å²) in [5.74, 6) is -0.276. The Labute approximate surface area is 163 Å². The summed E-state index contributed by atoms with van der Waals surface area (Å²) < 4.78 is 18.4. The van der Waals surface area contributed by atoms with E-state index in [0.717, 1.165) is 28.0 Å². The minimum absolute atomic E-state index is 0.0793. The van der Waals surface area contributed by atoms with Crippen molar-refractivity contribution < 1.29 is 4.39 Å². The fourth-order valence-electron chi connectivity index (χ4n) is 3.69. The Morgan fingerprint density at radius 1 is 1.07 bits per heavy atom. The summed E-state index contributed by atoms with van der Waals surface area (Å²) in [5, 5.41) is 0. The number of imidazole rings is 1. The Morgan fingerprint density at radius 3 is 2.64 bits per heavy atom. The van der Waals surface area contributed by atoms with Crippen molar-refractivity contribution in [1.82, 2.24) is 14.0 Å². The maximum atomic E-state index is 14.3. The molecule has 0 saturated heterocycles. The third-order valence-corrected chi connectivity index (χ3v) is 5.96. The van der Waals surface area contributed by atoms with E-state index in [1.807, 2.05) is 60.9 Å². The second-order valence-electron chi connectivity index (χ2n) is 6.75. The summed E-state index contributed by atoms with van der Waals surface area (Å²) in [7, 11) is 0. The monoisotopic (exact) mass is 389 g/mol. The van der Waals surface area contributed by atoms with Crippen LogP contribution in [0.3, 0.4) is 0 Å². The zero-order valence-electron chi connectivity index (χ0n) is 15.3. The molecular weight excluding hydrogens is 373 g/mol. The Hall–Kier alpha value is -3.25. The molecule has 3 heterocycles. The van der Waals surface area contributed by atoms with E-state index in [9.17, 15) is 9.18 Å². The molecule has 28 heavy (non-hydrogen) atoms. The first-order valence-corrected chi connectivity index (χ1v) is 9.72.